The van der Waals surface area contributed by atoms with Crippen LogP contribution in [0.2, 0.25) is 0 Å². The van der Waals surface area contributed by atoms with E-state index in [1.54, 1.807) is 32.2 Å². The fourth-order valence-corrected chi connectivity index (χ4v) is 3.50. The van der Waals surface area contributed by atoms with E-state index in [2.05, 4.69) is 4.98 Å². The molecule has 8 heteroatoms. The monoisotopic (exact) mass is 405 g/mol. The van der Waals surface area contributed by atoms with Crippen LogP contribution in [0.3, 0.4) is 0 Å². The van der Waals surface area contributed by atoms with Crippen molar-refractivity contribution in [1.29, 1.82) is 0 Å². The fourth-order valence-electron chi connectivity index (χ4n) is 2.55. The molecular weight excluding hydrogens is 388 g/mol. The maximum absolute atomic E-state index is 13.7. The highest BCUT2D eigenvalue weighted by Gasteiger charge is 2.19. The maximum Gasteiger partial charge on any atom is 0.350 e. The number of halogens is 2. The van der Waals surface area contributed by atoms with E-state index < -0.39 is 17.6 Å². The Kier molecular flexibility index (Phi) is 5.89. The van der Waals surface area contributed by atoms with Crippen LogP contribution in [0.15, 0.2) is 36.4 Å². The molecule has 0 fully saturated rings. The SMILES string of the molecule is COc1ccc(-c2nc(C)c(C(=O)OCc3cccc(F)c3F)s2)cc1OC. The summed E-state index contributed by atoms with van der Waals surface area (Å²) in [5.41, 5.74) is 1.20. The molecule has 0 aliphatic carbocycles. The Morgan fingerprint density at radius 1 is 1.11 bits per heavy atom. The van der Waals surface area contributed by atoms with Gasteiger partial charge in [0.05, 0.1) is 19.9 Å². The number of aromatic nitrogens is 1. The lowest BCUT2D eigenvalue weighted by molar-refractivity contribution is 0.0473. The summed E-state index contributed by atoms with van der Waals surface area (Å²) in [6.45, 7) is 1.31. The molecule has 0 unspecified atom stereocenters. The summed E-state index contributed by atoms with van der Waals surface area (Å²) >= 11 is 1.15. The molecule has 0 bridgehead atoms. The number of esters is 1. The third kappa shape index (κ3) is 3.96. The van der Waals surface area contributed by atoms with Gasteiger partial charge in [0, 0.05) is 11.1 Å². The number of hydrogen-bond donors (Lipinski definition) is 0. The Balaban J connectivity index is 1.80. The first-order valence-electron chi connectivity index (χ1n) is 8.24. The summed E-state index contributed by atoms with van der Waals surface area (Å²) in [7, 11) is 3.07. The standard InChI is InChI=1S/C20H17F2NO4S/c1-11-18(20(24)27-10-13-5-4-6-14(21)17(13)22)28-19(23-11)12-7-8-15(25-2)16(9-12)26-3/h4-9H,10H2,1-3H3. The molecule has 1 heterocycles. The molecular formula is C20H17F2NO4S. The second-order valence-corrected chi connectivity index (χ2v) is 6.79. The number of rotatable bonds is 6. The smallest absolute Gasteiger partial charge is 0.350 e. The first-order valence-corrected chi connectivity index (χ1v) is 9.06. The van der Waals surface area contributed by atoms with Gasteiger partial charge in [0.2, 0.25) is 0 Å². The highest BCUT2D eigenvalue weighted by atomic mass is 32.1. The zero-order valence-corrected chi connectivity index (χ0v) is 16.2. The van der Waals surface area contributed by atoms with E-state index >= 15 is 0 Å². The van der Waals surface area contributed by atoms with Crippen LogP contribution in [0.25, 0.3) is 10.6 Å². The molecule has 0 radical (unpaired) electrons. The average molecular weight is 405 g/mol. The molecule has 3 aromatic rings. The number of benzene rings is 2. The van der Waals surface area contributed by atoms with Crippen LogP contribution in [0, 0.1) is 18.6 Å². The quantitative estimate of drug-likeness (QED) is 0.553. The maximum atomic E-state index is 13.7. The van der Waals surface area contributed by atoms with Crippen molar-refractivity contribution in [2.24, 2.45) is 0 Å². The summed E-state index contributed by atoms with van der Waals surface area (Å²) in [5.74, 6) is -1.54. The molecule has 3 rings (SSSR count). The van der Waals surface area contributed by atoms with Gasteiger partial charge in [-0.2, -0.15) is 0 Å². The second-order valence-electron chi connectivity index (χ2n) is 5.79. The van der Waals surface area contributed by atoms with Crippen LogP contribution in [0.5, 0.6) is 11.5 Å². The van der Waals surface area contributed by atoms with Crippen LogP contribution >= 0.6 is 11.3 Å². The van der Waals surface area contributed by atoms with E-state index in [0.29, 0.717) is 27.1 Å². The second kappa shape index (κ2) is 8.35. The van der Waals surface area contributed by atoms with E-state index in [1.807, 2.05) is 0 Å². The lowest BCUT2D eigenvalue weighted by Crippen LogP contribution is -2.06. The summed E-state index contributed by atoms with van der Waals surface area (Å²) in [6.07, 6.45) is 0. The molecule has 28 heavy (non-hydrogen) atoms. The van der Waals surface area contributed by atoms with Gasteiger partial charge in [0.25, 0.3) is 0 Å². The van der Waals surface area contributed by atoms with Gasteiger partial charge in [0.1, 0.15) is 16.5 Å². The molecule has 0 spiro atoms. The molecule has 1 aromatic heterocycles. The van der Waals surface area contributed by atoms with Gasteiger partial charge in [-0.05, 0) is 31.2 Å². The molecule has 0 atom stereocenters. The first-order chi connectivity index (χ1) is 13.4. The third-order valence-corrected chi connectivity index (χ3v) is 5.19. The number of aryl methyl sites for hydroxylation is 1. The van der Waals surface area contributed by atoms with Crippen molar-refractivity contribution in [2.75, 3.05) is 14.2 Å². The van der Waals surface area contributed by atoms with Gasteiger partial charge in [-0.1, -0.05) is 12.1 Å². The van der Waals surface area contributed by atoms with Crippen LogP contribution in [0.1, 0.15) is 20.9 Å². The van der Waals surface area contributed by atoms with Crippen molar-refractivity contribution in [3.05, 3.63) is 64.2 Å². The normalized spacial score (nSPS) is 10.6. The predicted octanol–water partition coefficient (Wildman–Crippen LogP) is 4.77. The molecule has 5 nitrogen and oxygen atoms in total. The molecule has 0 N–H and O–H groups in total. The van der Waals surface area contributed by atoms with Crippen molar-refractivity contribution in [3.63, 3.8) is 0 Å². The van der Waals surface area contributed by atoms with Gasteiger partial charge >= 0.3 is 5.97 Å². The van der Waals surface area contributed by atoms with E-state index in [1.165, 1.54) is 19.2 Å². The fraction of sp³-hybridized carbons (Fsp3) is 0.200. The van der Waals surface area contributed by atoms with Crippen LogP contribution in [-0.2, 0) is 11.3 Å². The Labute approximate surface area is 164 Å². The zero-order chi connectivity index (χ0) is 20.3. The lowest BCUT2D eigenvalue weighted by Gasteiger charge is -2.08. The summed E-state index contributed by atoms with van der Waals surface area (Å²) in [5, 5.41) is 0.599. The van der Waals surface area contributed by atoms with Crippen LogP contribution in [0.4, 0.5) is 8.78 Å². The molecule has 0 aliphatic heterocycles. The molecule has 0 aliphatic rings. The van der Waals surface area contributed by atoms with Crippen molar-refractivity contribution in [3.8, 4) is 22.1 Å². The van der Waals surface area contributed by atoms with Crippen LogP contribution in [-0.4, -0.2) is 25.2 Å². The van der Waals surface area contributed by atoms with Gasteiger partial charge in [-0.25, -0.2) is 18.6 Å². The third-order valence-electron chi connectivity index (χ3n) is 4.00. The Bertz CT molecular complexity index is 1020. The first kappa shape index (κ1) is 19.8. The molecule has 2 aromatic carbocycles. The van der Waals surface area contributed by atoms with Crippen molar-refractivity contribution < 1.29 is 27.8 Å². The number of nitrogens with zero attached hydrogens (tertiary/aromatic N) is 1. The largest absolute Gasteiger partial charge is 0.493 e. The minimum atomic E-state index is -1.03. The summed E-state index contributed by atoms with van der Waals surface area (Å²) in [4.78, 5) is 17.1. The highest BCUT2D eigenvalue weighted by Crippen LogP contribution is 2.35. The number of thiazole rings is 1. The highest BCUT2D eigenvalue weighted by molar-refractivity contribution is 7.17. The van der Waals surface area contributed by atoms with Crippen LogP contribution < -0.4 is 9.47 Å². The molecule has 0 saturated carbocycles. The Hall–Kier alpha value is -3.00. The van der Waals surface area contributed by atoms with Gasteiger partial charge in [-0.15, -0.1) is 11.3 Å². The Morgan fingerprint density at radius 2 is 1.86 bits per heavy atom. The summed E-state index contributed by atoms with van der Waals surface area (Å²) < 4.78 is 42.6. The van der Waals surface area contributed by atoms with Gasteiger partial charge in [-0.3, -0.25) is 0 Å². The molecule has 0 amide bonds. The van der Waals surface area contributed by atoms with Gasteiger partial charge in [0.15, 0.2) is 23.1 Å². The van der Waals surface area contributed by atoms with Crippen molar-refractivity contribution in [1.82, 2.24) is 4.98 Å². The number of hydrogen-bond acceptors (Lipinski definition) is 6. The topological polar surface area (TPSA) is 57.7 Å². The zero-order valence-electron chi connectivity index (χ0n) is 15.4. The number of ether oxygens (including phenoxy) is 3. The number of carbonyl (C=O) groups is 1. The van der Waals surface area contributed by atoms with E-state index in [9.17, 15) is 13.6 Å². The molecule has 146 valence electrons. The van der Waals surface area contributed by atoms with Gasteiger partial charge < -0.3 is 14.2 Å². The van der Waals surface area contributed by atoms with E-state index in [4.69, 9.17) is 14.2 Å². The Morgan fingerprint density at radius 3 is 2.57 bits per heavy atom. The summed E-state index contributed by atoms with van der Waals surface area (Å²) in [6, 6.07) is 9.03. The van der Waals surface area contributed by atoms with E-state index in [0.717, 1.165) is 23.0 Å². The van der Waals surface area contributed by atoms with Crippen molar-refractivity contribution >= 4 is 17.3 Å². The number of carbonyl (C=O) groups excluding carboxylic acids is 1. The average Bonchev–Trinajstić information content (AvgIpc) is 3.10. The van der Waals surface area contributed by atoms with Crippen molar-refractivity contribution in [2.45, 2.75) is 13.5 Å². The lowest BCUT2D eigenvalue weighted by atomic mass is 10.2. The molecule has 0 saturated heterocycles. The van der Waals surface area contributed by atoms with E-state index in [-0.39, 0.29) is 12.2 Å². The minimum absolute atomic E-state index is 0.0318. The predicted molar refractivity (Wildman–Crippen MR) is 101 cm³/mol. The minimum Gasteiger partial charge on any atom is -0.493 e. The number of methoxy groups -OCH3 is 2.